The maximum atomic E-state index is 13.2. The Bertz CT molecular complexity index is 587. The van der Waals surface area contributed by atoms with Crippen LogP contribution in [0, 0.1) is 5.82 Å². The fraction of sp³-hybridized carbons (Fsp3) is 0.364. The van der Waals surface area contributed by atoms with Crippen LogP contribution in [0.1, 0.15) is 16.8 Å². The number of nitrogens with two attached hydrogens (primary N) is 1. The van der Waals surface area contributed by atoms with Crippen LogP contribution in [-0.2, 0) is 9.84 Å². The SMILES string of the molecule is CS(=O)(=O)CCCNc1ccc(F)c(N)c1C(=O)O. The summed E-state index contributed by atoms with van der Waals surface area (Å²) in [5, 5.41) is 11.7. The molecule has 8 heteroatoms. The van der Waals surface area contributed by atoms with Gasteiger partial charge < -0.3 is 16.2 Å². The first-order valence-corrected chi connectivity index (χ1v) is 7.51. The summed E-state index contributed by atoms with van der Waals surface area (Å²) in [5.74, 6) is -2.17. The molecule has 0 radical (unpaired) electrons. The number of anilines is 2. The first kappa shape index (κ1) is 15.2. The Labute approximate surface area is 110 Å². The van der Waals surface area contributed by atoms with Crippen LogP contribution < -0.4 is 11.1 Å². The summed E-state index contributed by atoms with van der Waals surface area (Å²) in [5.41, 5.74) is 4.74. The van der Waals surface area contributed by atoms with Crippen LogP contribution in [0.2, 0.25) is 0 Å². The number of benzene rings is 1. The molecule has 106 valence electrons. The minimum atomic E-state index is -3.06. The van der Waals surface area contributed by atoms with Gasteiger partial charge in [0.1, 0.15) is 21.2 Å². The van der Waals surface area contributed by atoms with Gasteiger partial charge in [0.15, 0.2) is 0 Å². The van der Waals surface area contributed by atoms with Gasteiger partial charge in [-0.1, -0.05) is 0 Å². The molecular formula is C11H15FN2O4S. The van der Waals surface area contributed by atoms with Crippen LogP contribution in [0.25, 0.3) is 0 Å². The first-order chi connectivity index (χ1) is 8.72. The largest absolute Gasteiger partial charge is 0.478 e. The Hall–Kier alpha value is -1.83. The van der Waals surface area contributed by atoms with Crippen molar-refractivity contribution in [2.75, 3.05) is 29.6 Å². The summed E-state index contributed by atoms with van der Waals surface area (Å²) in [4.78, 5) is 11.0. The number of carboxylic acids is 1. The topological polar surface area (TPSA) is 109 Å². The molecule has 0 aliphatic carbocycles. The smallest absolute Gasteiger partial charge is 0.340 e. The summed E-state index contributed by atoms with van der Waals surface area (Å²) in [6.07, 6.45) is 1.43. The first-order valence-electron chi connectivity index (χ1n) is 5.45. The Morgan fingerprint density at radius 3 is 2.63 bits per heavy atom. The standard InChI is InChI=1S/C11H15FN2O4S/c1-19(17,18)6-2-5-14-8-4-3-7(12)10(13)9(8)11(15)16/h3-4,14H,2,5-6,13H2,1H3,(H,15,16). The number of nitrogen functional groups attached to an aromatic ring is 1. The molecule has 0 atom stereocenters. The van der Waals surface area contributed by atoms with E-state index in [2.05, 4.69) is 5.32 Å². The lowest BCUT2D eigenvalue weighted by Crippen LogP contribution is -2.14. The third-order valence-corrected chi connectivity index (χ3v) is 3.44. The number of sulfone groups is 1. The van der Waals surface area contributed by atoms with E-state index >= 15 is 0 Å². The van der Waals surface area contributed by atoms with E-state index in [1.54, 1.807) is 0 Å². The summed E-state index contributed by atoms with van der Waals surface area (Å²) < 4.78 is 35.0. The van der Waals surface area contributed by atoms with Crippen molar-refractivity contribution >= 4 is 27.2 Å². The fourth-order valence-corrected chi connectivity index (χ4v) is 2.20. The molecule has 6 nitrogen and oxygen atoms in total. The second-order valence-corrected chi connectivity index (χ2v) is 6.36. The molecule has 0 fully saturated rings. The molecule has 1 rings (SSSR count). The van der Waals surface area contributed by atoms with Gasteiger partial charge in [-0.15, -0.1) is 0 Å². The van der Waals surface area contributed by atoms with Crippen molar-refractivity contribution in [2.45, 2.75) is 6.42 Å². The van der Waals surface area contributed by atoms with Crippen molar-refractivity contribution in [1.82, 2.24) is 0 Å². The number of halogens is 1. The highest BCUT2D eigenvalue weighted by Crippen LogP contribution is 2.25. The summed E-state index contributed by atoms with van der Waals surface area (Å²) in [6, 6.07) is 2.32. The molecule has 19 heavy (non-hydrogen) atoms. The molecule has 1 aromatic carbocycles. The minimum Gasteiger partial charge on any atom is -0.478 e. The van der Waals surface area contributed by atoms with E-state index in [4.69, 9.17) is 10.8 Å². The zero-order valence-corrected chi connectivity index (χ0v) is 11.1. The highest BCUT2D eigenvalue weighted by Gasteiger charge is 2.17. The number of rotatable bonds is 6. The molecule has 0 heterocycles. The molecule has 1 aromatic rings. The second kappa shape index (κ2) is 5.87. The quantitative estimate of drug-likeness (QED) is 0.531. The Kier molecular flexibility index (Phi) is 4.71. The van der Waals surface area contributed by atoms with Gasteiger partial charge in [-0.2, -0.15) is 0 Å². The van der Waals surface area contributed by atoms with E-state index < -0.39 is 27.3 Å². The van der Waals surface area contributed by atoms with Crippen LogP contribution in [0.4, 0.5) is 15.8 Å². The van der Waals surface area contributed by atoms with Gasteiger partial charge >= 0.3 is 5.97 Å². The lowest BCUT2D eigenvalue weighted by atomic mass is 10.1. The highest BCUT2D eigenvalue weighted by molar-refractivity contribution is 7.90. The lowest BCUT2D eigenvalue weighted by molar-refractivity contribution is 0.0698. The van der Waals surface area contributed by atoms with E-state index in [0.29, 0.717) is 6.42 Å². The van der Waals surface area contributed by atoms with Gasteiger partial charge in [-0.05, 0) is 18.6 Å². The van der Waals surface area contributed by atoms with Crippen molar-refractivity contribution in [3.63, 3.8) is 0 Å². The normalized spacial score (nSPS) is 11.3. The zero-order chi connectivity index (χ0) is 14.6. The summed E-state index contributed by atoms with van der Waals surface area (Å²) in [6.45, 7) is 0.248. The highest BCUT2D eigenvalue weighted by atomic mass is 32.2. The van der Waals surface area contributed by atoms with Crippen LogP contribution in [0.5, 0.6) is 0 Å². The average molecular weight is 290 g/mol. The summed E-state index contributed by atoms with van der Waals surface area (Å²) in [7, 11) is -3.06. The van der Waals surface area contributed by atoms with E-state index in [1.165, 1.54) is 6.07 Å². The Morgan fingerprint density at radius 1 is 1.47 bits per heavy atom. The minimum absolute atomic E-state index is 0.0148. The predicted octanol–water partition coefficient (Wildman–Crippen LogP) is 0.953. The molecule has 0 aromatic heterocycles. The average Bonchev–Trinajstić information content (AvgIpc) is 2.27. The number of nitrogens with one attached hydrogen (secondary N) is 1. The third kappa shape index (κ3) is 4.40. The van der Waals surface area contributed by atoms with Crippen molar-refractivity contribution < 1.29 is 22.7 Å². The van der Waals surface area contributed by atoms with Crippen LogP contribution in [0.15, 0.2) is 12.1 Å². The van der Waals surface area contributed by atoms with Gasteiger partial charge in [0, 0.05) is 12.8 Å². The molecule has 0 aliphatic rings. The van der Waals surface area contributed by atoms with Crippen LogP contribution >= 0.6 is 0 Å². The van der Waals surface area contributed by atoms with E-state index in [0.717, 1.165) is 12.3 Å². The van der Waals surface area contributed by atoms with Crippen molar-refractivity contribution in [3.8, 4) is 0 Å². The van der Waals surface area contributed by atoms with Crippen molar-refractivity contribution in [1.29, 1.82) is 0 Å². The van der Waals surface area contributed by atoms with Crippen LogP contribution in [0.3, 0.4) is 0 Å². The molecule has 0 amide bonds. The Balaban J connectivity index is 2.79. The second-order valence-electron chi connectivity index (χ2n) is 4.10. The molecule has 0 unspecified atom stereocenters. The summed E-state index contributed by atoms with van der Waals surface area (Å²) >= 11 is 0. The number of carbonyl (C=O) groups is 1. The van der Waals surface area contributed by atoms with E-state index in [1.807, 2.05) is 0 Å². The zero-order valence-electron chi connectivity index (χ0n) is 10.3. The number of aromatic carboxylic acids is 1. The molecule has 0 saturated heterocycles. The monoisotopic (exact) mass is 290 g/mol. The molecule has 4 N–H and O–H groups in total. The molecule has 0 aliphatic heterocycles. The van der Waals surface area contributed by atoms with Crippen molar-refractivity contribution in [3.05, 3.63) is 23.5 Å². The van der Waals surface area contributed by atoms with Gasteiger partial charge in [0.25, 0.3) is 0 Å². The third-order valence-electron chi connectivity index (χ3n) is 2.41. The molecule has 0 saturated carbocycles. The predicted molar refractivity (Wildman–Crippen MR) is 70.6 cm³/mol. The Morgan fingerprint density at radius 2 is 2.11 bits per heavy atom. The van der Waals surface area contributed by atoms with E-state index in [9.17, 15) is 17.6 Å². The van der Waals surface area contributed by atoms with Gasteiger partial charge in [-0.25, -0.2) is 17.6 Å². The van der Waals surface area contributed by atoms with Gasteiger partial charge in [-0.3, -0.25) is 0 Å². The lowest BCUT2D eigenvalue weighted by Gasteiger charge is -2.11. The maximum absolute atomic E-state index is 13.2. The fourth-order valence-electron chi connectivity index (χ4n) is 1.53. The van der Waals surface area contributed by atoms with E-state index in [-0.39, 0.29) is 23.5 Å². The molecule has 0 bridgehead atoms. The van der Waals surface area contributed by atoms with Crippen LogP contribution in [-0.4, -0.2) is 38.0 Å². The maximum Gasteiger partial charge on any atom is 0.340 e. The van der Waals surface area contributed by atoms with Gasteiger partial charge in [0.05, 0.1) is 17.1 Å². The number of carboxylic acid groups (broad SMARTS) is 1. The molecular weight excluding hydrogens is 275 g/mol. The number of hydrogen-bond donors (Lipinski definition) is 3. The number of hydrogen-bond acceptors (Lipinski definition) is 5. The van der Waals surface area contributed by atoms with Crippen molar-refractivity contribution in [2.24, 2.45) is 0 Å². The van der Waals surface area contributed by atoms with Gasteiger partial charge in [0.2, 0.25) is 0 Å². The molecule has 0 spiro atoms.